The van der Waals surface area contributed by atoms with E-state index in [2.05, 4.69) is 6.08 Å². The summed E-state index contributed by atoms with van der Waals surface area (Å²) in [7, 11) is 0. The standard InChI is InChI=1S/C30H34F4O2/c1-2-3-25(35)23-14-12-21(27(31)29(23)33)19-8-4-17(5-9-19)18-6-10-20(11-7-18)22-13-15-24(26-16-36-26)30(34)28(22)32/h10,12-15,17-19,25-26,35H,2-9,11,16H2,1H3. The molecule has 0 aromatic heterocycles. The van der Waals surface area contributed by atoms with Gasteiger partial charge in [-0.2, -0.15) is 0 Å². The van der Waals surface area contributed by atoms with Gasteiger partial charge in [0.15, 0.2) is 23.3 Å². The molecule has 1 saturated heterocycles. The van der Waals surface area contributed by atoms with E-state index in [0.29, 0.717) is 54.4 Å². The van der Waals surface area contributed by atoms with Gasteiger partial charge >= 0.3 is 0 Å². The fourth-order valence-electron chi connectivity index (χ4n) is 6.30. The number of allylic oxidation sites excluding steroid dienone is 2. The fraction of sp³-hybridized carbons (Fsp3) is 0.533. The molecule has 1 saturated carbocycles. The first-order valence-corrected chi connectivity index (χ1v) is 13.3. The minimum absolute atomic E-state index is 0.0196. The van der Waals surface area contributed by atoms with Gasteiger partial charge < -0.3 is 9.84 Å². The summed E-state index contributed by atoms with van der Waals surface area (Å²) >= 11 is 0. The summed E-state index contributed by atoms with van der Waals surface area (Å²) in [6.07, 6.45) is 7.80. The third-order valence-electron chi connectivity index (χ3n) is 8.53. The predicted octanol–water partition coefficient (Wildman–Crippen LogP) is 8.31. The Morgan fingerprint density at radius 3 is 2.19 bits per heavy atom. The molecule has 2 fully saturated rings. The minimum Gasteiger partial charge on any atom is -0.388 e. The van der Waals surface area contributed by atoms with E-state index in [1.165, 1.54) is 0 Å². The Labute approximate surface area is 210 Å². The van der Waals surface area contributed by atoms with Gasteiger partial charge in [0.1, 0.15) is 6.10 Å². The van der Waals surface area contributed by atoms with Crippen LogP contribution in [0, 0.1) is 35.1 Å². The molecule has 0 bridgehead atoms. The summed E-state index contributed by atoms with van der Waals surface area (Å²) < 4.78 is 63.8. The van der Waals surface area contributed by atoms with Crippen molar-refractivity contribution in [1.82, 2.24) is 0 Å². The lowest BCUT2D eigenvalue weighted by molar-refractivity contribution is 0.160. The number of halogens is 4. The lowest BCUT2D eigenvalue weighted by Crippen LogP contribution is -2.23. The molecule has 3 unspecified atom stereocenters. The maximum atomic E-state index is 14.9. The molecule has 1 heterocycles. The number of hydrogen-bond acceptors (Lipinski definition) is 2. The highest BCUT2D eigenvalue weighted by Gasteiger charge is 2.33. The first-order valence-electron chi connectivity index (χ1n) is 13.3. The second-order valence-electron chi connectivity index (χ2n) is 10.7. The van der Waals surface area contributed by atoms with E-state index in [1.807, 2.05) is 6.92 Å². The summed E-state index contributed by atoms with van der Waals surface area (Å²) in [6, 6.07) is 6.51. The third-order valence-corrected chi connectivity index (χ3v) is 8.53. The number of epoxide rings is 1. The Bertz CT molecular complexity index is 1130. The molecule has 6 heteroatoms. The Kier molecular flexibility index (Phi) is 7.55. The lowest BCUT2D eigenvalue weighted by atomic mass is 9.70. The normalized spacial score (nSPS) is 27.0. The zero-order chi connectivity index (χ0) is 25.4. The van der Waals surface area contributed by atoms with Crippen molar-refractivity contribution < 1.29 is 27.4 Å². The highest BCUT2D eigenvalue weighted by molar-refractivity contribution is 5.67. The smallest absolute Gasteiger partial charge is 0.166 e. The summed E-state index contributed by atoms with van der Waals surface area (Å²) in [6.45, 7) is 2.34. The molecule has 3 atom stereocenters. The van der Waals surface area contributed by atoms with Gasteiger partial charge in [-0.05, 0) is 80.3 Å². The van der Waals surface area contributed by atoms with E-state index in [0.717, 1.165) is 44.1 Å². The molecule has 1 aliphatic heterocycles. The van der Waals surface area contributed by atoms with Crippen LogP contribution in [-0.4, -0.2) is 11.7 Å². The first-order chi connectivity index (χ1) is 17.4. The molecule has 2 aromatic carbocycles. The van der Waals surface area contributed by atoms with Crippen molar-refractivity contribution in [2.24, 2.45) is 11.8 Å². The van der Waals surface area contributed by atoms with Crippen LogP contribution in [0.3, 0.4) is 0 Å². The Morgan fingerprint density at radius 2 is 1.56 bits per heavy atom. The Morgan fingerprint density at radius 1 is 0.861 bits per heavy atom. The largest absolute Gasteiger partial charge is 0.388 e. The van der Waals surface area contributed by atoms with E-state index < -0.39 is 29.4 Å². The number of aliphatic hydroxyl groups is 1. The molecule has 194 valence electrons. The number of hydrogen-bond donors (Lipinski definition) is 1. The van der Waals surface area contributed by atoms with E-state index in [9.17, 15) is 22.7 Å². The number of rotatable bonds is 7. The van der Waals surface area contributed by atoms with Gasteiger partial charge in [-0.25, -0.2) is 17.6 Å². The monoisotopic (exact) mass is 502 g/mol. The maximum Gasteiger partial charge on any atom is 0.166 e. The molecule has 0 spiro atoms. The quantitative estimate of drug-likeness (QED) is 0.305. The van der Waals surface area contributed by atoms with Crippen LogP contribution in [0.25, 0.3) is 5.57 Å². The van der Waals surface area contributed by atoms with Crippen molar-refractivity contribution in [2.45, 2.75) is 82.8 Å². The van der Waals surface area contributed by atoms with Crippen molar-refractivity contribution in [1.29, 1.82) is 0 Å². The third kappa shape index (κ3) is 4.99. The van der Waals surface area contributed by atoms with Crippen LogP contribution < -0.4 is 0 Å². The average molecular weight is 503 g/mol. The molecule has 5 rings (SSSR count). The van der Waals surface area contributed by atoms with Gasteiger partial charge in [0.2, 0.25) is 0 Å². The van der Waals surface area contributed by atoms with Gasteiger partial charge in [-0.1, -0.05) is 43.7 Å². The number of ether oxygens (including phenoxy) is 1. The van der Waals surface area contributed by atoms with Gasteiger partial charge in [0.05, 0.1) is 12.7 Å². The van der Waals surface area contributed by atoms with Crippen LogP contribution in [-0.2, 0) is 4.74 Å². The van der Waals surface area contributed by atoms with Gasteiger partial charge in [-0.15, -0.1) is 0 Å². The van der Waals surface area contributed by atoms with Gasteiger partial charge in [-0.3, -0.25) is 0 Å². The van der Waals surface area contributed by atoms with Crippen LogP contribution >= 0.6 is 0 Å². The molecule has 1 N–H and O–H groups in total. The molecule has 0 radical (unpaired) electrons. The molecular weight excluding hydrogens is 468 g/mol. The van der Waals surface area contributed by atoms with Crippen molar-refractivity contribution in [3.8, 4) is 0 Å². The molecule has 2 nitrogen and oxygen atoms in total. The fourth-order valence-corrected chi connectivity index (χ4v) is 6.30. The molecule has 0 amide bonds. The van der Waals surface area contributed by atoms with E-state index in [4.69, 9.17) is 4.74 Å². The maximum absolute atomic E-state index is 14.9. The zero-order valence-corrected chi connectivity index (χ0v) is 20.7. The SMILES string of the molecule is CCCC(O)c1ccc(C2CCC(C3CC=C(c4ccc(C5CO5)c(F)c4F)CC3)CC2)c(F)c1F. The Balaban J connectivity index is 1.20. The van der Waals surface area contributed by atoms with Gasteiger partial charge in [0.25, 0.3) is 0 Å². The molecule has 2 aromatic rings. The molecule has 2 aliphatic carbocycles. The average Bonchev–Trinajstić information content (AvgIpc) is 3.73. The van der Waals surface area contributed by atoms with Crippen molar-refractivity contribution >= 4 is 5.57 Å². The first kappa shape index (κ1) is 25.5. The van der Waals surface area contributed by atoms with Crippen molar-refractivity contribution in [2.75, 3.05) is 6.61 Å². The number of aliphatic hydroxyl groups excluding tert-OH is 1. The summed E-state index contributed by atoms with van der Waals surface area (Å²) in [5, 5.41) is 10.1. The topological polar surface area (TPSA) is 32.8 Å². The second-order valence-corrected chi connectivity index (χ2v) is 10.7. The van der Waals surface area contributed by atoms with Crippen molar-refractivity contribution in [3.63, 3.8) is 0 Å². The lowest BCUT2D eigenvalue weighted by Gasteiger charge is -2.36. The van der Waals surface area contributed by atoms with E-state index in [1.54, 1.807) is 24.3 Å². The molecule has 3 aliphatic rings. The number of benzene rings is 2. The highest BCUT2D eigenvalue weighted by Crippen LogP contribution is 2.45. The molecular formula is C30H34F4O2. The second kappa shape index (κ2) is 10.7. The van der Waals surface area contributed by atoms with E-state index in [-0.39, 0.29) is 17.6 Å². The summed E-state index contributed by atoms with van der Waals surface area (Å²) in [5.74, 6) is -2.37. The van der Waals surface area contributed by atoms with Crippen LogP contribution in [0.15, 0.2) is 30.3 Å². The van der Waals surface area contributed by atoms with Gasteiger partial charge in [0, 0.05) is 16.7 Å². The molecule has 36 heavy (non-hydrogen) atoms. The van der Waals surface area contributed by atoms with Crippen LogP contribution in [0.1, 0.15) is 105 Å². The van der Waals surface area contributed by atoms with Crippen LogP contribution in [0.5, 0.6) is 0 Å². The van der Waals surface area contributed by atoms with Crippen LogP contribution in [0.2, 0.25) is 0 Å². The summed E-state index contributed by atoms with van der Waals surface area (Å²) in [5.41, 5.74) is 1.97. The minimum atomic E-state index is -0.978. The van der Waals surface area contributed by atoms with Crippen molar-refractivity contribution in [3.05, 3.63) is 75.9 Å². The highest BCUT2D eigenvalue weighted by atomic mass is 19.2. The Hall–Kier alpha value is -2.18. The predicted molar refractivity (Wildman–Crippen MR) is 131 cm³/mol. The van der Waals surface area contributed by atoms with E-state index >= 15 is 0 Å². The summed E-state index contributed by atoms with van der Waals surface area (Å²) in [4.78, 5) is 0. The van der Waals surface area contributed by atoms with Crippen LogP contribution in [0.4, 0.5) is 17.6 Å². The zero-order valence-electron chi connectivity index (χ0n) is 20.7.